The van der Waals surface area contributed by atoms with Crippen LogP contribution in [0, 0.1) is 0 Å². The Morgan fingerprint density at radius 2 is 1.89 bits per heavy atom. The third-order valence-electron chi connectivity index (χ3n) is 4.29. The van der Waals surface area contributed by atoms with Gasteiger partial charge in [-0.15, -0.1) is 0 Å². The summed E-state index contributed by atoms with van der Waals surface area (Å²) < 4.78 is 10.6. The fraction of sp³-hybridized carbons (Fsp3) is 0.238. The van der Waals surface area contributed by atoms with Crippen LogP contribution in [0.15, 0.2) is 65.4 Å². The van der Waals surface area contributed by atoms with Crippen molar-refractivity contribution in [3.8, 4) is 17.1 Å². The first-order valence-corrected chi connectivity index (χ1v) is 8.81. The number of para-hydroxylation sites is 1. The van der Waals surface area contributed by atoms with Gasteiger partial charge in [0.15, 0.2) is 17.8 Å². The van der Waals surface area contributed by atoms with Crippen molar-refractivity contribution in [2.45, 2.75) is 6.42 Å². The normalized spacial score (nSPS) is 10.4. The van der Waals surface area contributed by atoms with Gasteiger partial charge in [0, 0.05) is 31.4 Å². The number of methoxy groups -OCH3 is 1. The molecular formula is C21H23N3O3. The van der Waals surface area contributed by atoms with Crippen molar-refractivity contribution in [2.24, 2.45) is 0 Å². The van der Waals surface area contributed by atoms with Crippen LogP contribution in [-0.2, 0) is 0 Å². The third kappa shape index (κ3) is 4.67. The zero-order chi connectivity index (χ0) is 19.1. The highest BCUT2D eigenvalue weighted by Gasteiger charge is 2.18. The monoisotopic (exact) mass is 365 g/mol. The summed E-state index contributed by atoms with van der Waals surface area (Å²) in [6, 6.07) is 17.5. The lowest BCUT2D eigenvalue weighted by atomic mass is 10.1. The number of carbonyl (C=O) groups excluding carboxylic acids is 1. The number of hydrogen-bond donors (Lipinski definition) is 1. The summed E-state index contributed by atoms with van der Waals surface area (Å²) >= 11 is 0. The molecular weight excluding hydrogens is 342 g/mol. The van der Waals surface area contributed by atoms with E-state index in [2.05, 4.69) is 27.3 Å². The van der Waals surface area contributed by atoms with Crippen molar-refractivity contribution >= 4 is 11.6 Å². The third-order valence-corrected chi connectivity index (χ3v) is 4.29. The number of nitrogens with one attached hydrogen (secondary N) is 1. The van der Waals surface area contributed by atoms with Gasteiger partial charge in [0.05, 0.1) is 7.11 Å². The molecule has 0 unspecified atom stereocenters. The molecule has 0 spiro atoms. The Bertz CT molecular complexity index is 860. The van der Waals surface area contributed by atoms with E-state index in [1.807, 2.05) is 49.5 Å². The number of oxazole rings is 1. The molecule has 1 heterocycles. The van der Waals surface area contributed by atoms with Gasteiger partial charge < -0.3 is 19.4 Å². The number of hydrogen-bond acceptors (Lipinski definition) is 5. The predicted molar refractivity (Wildman–Crippen MR) is 105 cm³/mol. The second-order valence-electron chi connectivity index (χ2n) is 6.13. The number of carbonyl (C=O) groups is 1. The van der Waals surface area contributed by atoms with Gasteiger partial charge in [-0.1, -0.05) is 18.2 Å². The highest BCUT2D eigenvalue weighted by atomic mass is 16.5. The molecule has 0 saturated heterocycles. The molecule has 1 amide bonds. The van der Waals surface area contributed by atoms with Gasteiger partial charge >= 0.3 is 0 Å². The maximum absolute atomic E-state index is 12.5. The Hall–Kier alpha value is -3.28. The van der Waals surface area contributed by atoms with Crippen LogP contribution in [0.5, 0.6) is 5.75 Å². The predicted octanol–water partition coefficient (Wildman–Crippen LogP) is 3.61. The Balaban J connectivity index is 1.54. The van der Waals surface area contributed by atoms with E-state index >= 15 is 0 Å². The van der Waals surface area contributed by atoms with Crippen molar-refractivity contribution in [1.29, 1.82) is 0 Å². The summed E-state index contributed by atoms with van der Waals surface area (Å²) in [6.07, 6.45) is 2.12. The first kappa shape index (κ1) is 18.5. The summed E-state index contributed by atoms with van der Waals surface area (Å²) in [7, 11) is 3.65. The van der Waals surface area contributed by atoms with Crippen LogP contribution in [0.3, 0.4) is 0 Å². The largest absolute Gasteiger partial charge is 0.497 e. The maximum Gasteiger partial charge on any atom is 0.273 e. The number of rotatable bonds is 8. The fourth-order valence-electron chi connectivity index (χ4n) is 2.77. The van der Waals surface area contributed by atoms with E-state index < -0.39 is 0 Å². The lowest BCUT2D eigenvalue weighted by Gasteiger charge is -2.19. The van der Waals surface area contributed by atoms with E-state index in [1.54, 1.807) is 7.11 Å². The molecule has 0 bridgehead atoms. The standard InChI is InChI=1S/C21H23N3O3/c1-24(17-7-4-3-5-8-17)14-6-13-22-21(25)19-20(27-15-23-19)16-9-11-18(26-2)12-10-16/h3-5,7-12,15H,6,13-14H2,1-2H3,(H,22,25). The molecule has 0 aliphatic carbocycles. The molecule has 27 heavy (non-hydrogen) atoms. The Labute approximate surface area is 158 Å². The van der Waals surface area contributed by atoms with Crippen LogP contribution in [0.2, 0.25) is 0 Å². The van der Waals surface area contributed by atoms with Gasteiger partial charge in [0.1, 0.15) is 5.75 Å². The number of ether oxygens (including phenoxy) is 1. The Morgan fingerprint density at radius 3 is 2.59 bits per heavy atom. The second-order valence-corrected chi connectivity index (χ2v) is 6.13. The zero-order valence-corrected chi connectivity index (χ0v) is 15.5. The fourth-order valence-corrected chi connectivity index (χ4v) is 2.77. The van der Waals surface area contributed by atoms with E-state index in [-0.39, 0.29) is 11.6 Å². The molecule has 3 aromatic rings. The number of benzene rings is 2. The second kappa shape index (κ2) is 8.89. The molecule has 1 N–H and O–H groups in total. The number of nitrogens with zero attached hydrogens (tertiary/aromatic N) is 2. The van der Waals surface area contributed by atoms with Gasteiger partial charge in [-0.2, -0.15) is 0 Å². The SMILES string of the molecule is COc1ccc(-c2ocnc2C(=O)NCCCN(C)c2ccccc2)cc1. The van der Waals surface area contributed by atoms with Gasteiger partial charge in [-0.25, -0.2) is 4.98 Å². The average molecular weight is 365 g/mol. The highest BCUT2D eigenvalue weighted by Crippen LogP contribution is 2.25. The molecule has 140 valence electrons. The number of aromatic nitrogens is 1. The molecule has 0 aliphatic heterocycles. The molecule has 2 aromatic carbocycles. The molecule has 6 heteroatoms. The average Bonchev–Trinajstić information content (AvgIpc) is 3.21. The lowest BCUT2D eigenvalue weighted by Crippen LogP contribution is -2.28. The quantitative estimate of drug-likeness (QED) is 0.618. The van der Waals surface area contributed by atoms with Crippen LogP contribution < -0.4 is 15.0 Å². The number of anilines is 1. The van der Waals surface area contributed by atoms with Crippen LogP contribution in [-0.4, -0.2) is 38.1 Å². The van der Waals surface area contributed by atoms with Crippen LogP contribution in [0.1, 0.15) is 16.9 Å². The number of amides is 1. The van der Waals surface area contributed by atoms with E-state index in [0.29, 0.717) is 12.3 Å². The van der Waals surface area contributed by atoms with Crippen LogP contribution in [0.25, 0.3) is 11.3 Å². The minimum atomic E-state index is -0.239. The van der Waals surface area contributed by atoms with E-state index in [1.165, 1.54) is 6.39 Å². The summed E-state index contributed by atoms with van der Waals surface area (Å²) in [5.41, 5.74) is 2.22. The minimum absolute atomic E-state index is 0.239. The van der Waals surface area contributed by atoms with Crippen LogP contribution in [0.4, 0.5) is 5.69 Å². The molecule has 1 aromatic heterocycles. The minimum Gasteiger partial charge on any atom is -0.497 e. The smallest absolute Gasteiger partial charge is 0.273 e. The highest BCUT2D eigenvalue weighted by molar-refractivity contribution is 5.97. The summed E-state index contributed by atoms with van der Waals surface area (Å²) in [4.78, 5) is 18.7. The maximum atomic E-state index is 12.5. The zero-order valence-electron chi connectivity index (χ0n) is 15.5. The van der Waals surface area contributed by atoms with Crippen molar-refractivity contribution in [1.82, 2.24) is 10.3 Å². The Morgan fingerprint density at radius 1 is 1.15 bits per heavy atom. The molecule has 6 nitrogen and oxygen atoms in total. The molecule has 0 saturated carbocycles. The van der Waals surface area contributed by atoms with Crippen molar-refractivity contribution < 1.29 is 13.9 Å². The van der Waals surface area contributed by atoms with Crippen LogP contribution >= 0.6 is 0 Å². The molecule has 3 rings (SSSR count). The van der Waals surface area contributed by atoms with E-state index in [0.717, 1.165) is 30.0 Å². The van der Waals surface area contributed by atoms with Gasteiger partial charge in [0.2, 0.25) is 0 Å². The molecule has 0 radical (unpaired) electrons. The topological polar surface area (TPSA) is 67.6 Å². The van der Waals surface area contributed by atoms with Gasteiger partial charge in [-0.05, 0) is 42.8 Å². The molecule has 0 aliphatic rings. The van der Waals surface area contributed by atoms with Crippen molar-refractivity contribution in [3.63, 3.8) is 0 Å². The summed E-state index contributed by atoms with van der Waals surface area (Å²) in [5.74, 6) is 0.959. The van der Waals surface area contributed by atoms with Crippen molar-refractivity contribution in [3.05, 3.63) is 66.7 Å². The molecule has 0 fully saturated rings. The van der Waals surface area contributed by atoms with E-state index in [4.69, 9.17) is 9.15 Å². The first-order chi connectivity index (χ1) is 13.2. The first-order valence-electron chi connectivity index (χ1n) is 8.81. The van der Waals surface area contributed by atoms with Gasteiger partial charge in [0.25, 0.3) is 5.91 Å². The summed E-state index contributed by atoms with van der Waals surface area (Å²) in [5, 5.41) is 2.91. The lowest BCUT2D eigenvalue weighted by molar-refractivity contribution is 0.0949. The van der Waals surface area contributed by atoms with Gasteiger partial charge in [-0.3, -0.25) is 4.79 Å². The molecule has 0 atom stereocenters. The van der Waals surface area contributed by atoms with Crippen molar-refractivity contribution in [2.75, 3.05) is 32.1 Å². The Kier molecular flexibility index (Phi) is 6.10. The van der Waals surface area contributed by atoms with E-state index in [9.17, 15) is 4.79 Å². The summed E-state index contributed by atoms with van der Waals surface area (Å²) in [6.45, 7) is 1.40.